The first kappa shape index (κ1) is 18.8. The molecule has 0 saturated heterocycles. The molecule has 132 valence electrons. The molecule has 0 bridgehead atoms. The van der Waals surface area contributed by atoms with Gasteiger partial charge in [-0.1, -0.05) is 41.9 Å². The van der Waals surface area contributed by atoms with Crippen LogP contribution in [0.2, 0.25) is 5.02 Å². The summed E-state index contributed by atoms with van der Waals surface area (Å²) >= 11 is 6.15. The van der Waals surface area contributed by atoms with Crippen LogP contribution in [0.3, 0.4) is 0 Å². The minimum Gasteiger partial charge on any atom is -0.496 e. The molecule has 0 aliphatic rings. The third-order valence-electron chi connectivity index (χ3n) is 3.78. The van der Waals surface area contributed by atoms with Crippen LogP contribution in [-0.2, 0) is 11.3 Å². The fourth-order valence-corrected chi connectivity index (χ4v) is 2.61. The van der Waals surface area contributed by atoms with E-state index in [1.54, 1.807) is 35.2 Å². The maximum Gasteiger partial charge on any atom is 0.255 e. The first-order chi connectivity index (χ1) is 12.0. The maximum atomic E-state index is 12.3. The summed E-state index contributed by atoms with van der Waals surface area (Å²) in [5.41, 5.74) is 1.33. The molecule has 0 spiro atoms. The van der Waals surface area contributed by atoms with Crippen molar-refractivity contribution < 1.29 is 14.3 Å². The van der Waals surface area contributed by atoms with Crippen LogP contribution in [0.4, 0.5) is 0 Å². The molecule has 0 atom stereocenters. The lowest BCUT2D eigenvalue weighted by atomic mass is 10.2. The molecule has 2 aromatic rings. The molecule has 0 saturated carbocycles. The van der Waals surface area contributed by atoms with E-state index in [9.17, 15) is 9.59 Å². The first-order valence-corrected chi connectivity index (χ1v) is 8.31. The number of hydrogen-bond donors (Lipinski definition) is 1. The highest BCUT2D eigenvalue weighted by molar-refractivity contribution is 6.31. The summed E-state index contributed by atoms with van der Waals surface area (Å²) in [5.74, 6) is 0.199. The maximum absolute atomic E-state index is 12.3. The van der Waals surface area contributed by atoms with Crippen molar-refractivity contribution >= 4 is 23.4 Å². The first-order valence-electron chi connectivity index (χ1n) is 7.93. The Bertz CT molecular complexity index is 749. The van der Waals surface area contributed by atoms with Crippen molar-refractivity contribution in [1.29, 1.82) is 0 Å². The lowest BCUT2D eigenvalue weighted by Crippen LogP contribution is -2.37. The van der Waals surface area contributed by atoms with Gasteiger partial charge in [-0.2, -0.15) is 0 Å². The van der Waals surface area contributed by atoms with Gasteiger partial charge in [0.05, 0.1) is 12.7 Å². The Kier molecular flexibility index (Phi) is 6.83. The number of rotatable bonds is 7. The van der Waals surface area contributed by atoms with Crippen LogP contribution >= 0.6 is 11.6 Å². The summed E-state index contributed by atoms with van der Waals surface area (Å²) in [6, 6.07) is 14.4. The molecule has 6 heteroatoms. The number of para-hydroxylation sites is 1. The number of amides is 2. The Morgan fingerprint density at radius 3 is 2.48 bits per heavy atom. The Balaban J connectivity index is 1.94. The highest BCUT2D eigenvalue weighted by Crippen LogP contribution is 2.18. The average molecular weight is 361 g/mol. The fourth-order valence-electron chi connectivity index (χ4n) is 2.41. The second kappa shape index (κ2) is 9.08. The number of nitrogens with one attached hydrogen (secondary N) is 1. The molecule has 0 aliphatic carbocycles. The van der Waals surface area contributed by atoms with Gasteiger partial charge in [0, 0.05) is 31.6 Å². The molecular formula is C19H21ClN2O3. The SMILES string of the molecule is COc1ccccc1C(=O)NCCN(Cc1ccccc1Cl)C(C)=O. The Hall–Kier alpha value is -2.53. The normalized spacial score (nSPS) is 10.2. The minimum atomic E-state index is -0.237. The summed E-state index contributed by atoms with van der Waals surface area (Å²) in [6.07, 6.45) is 0. The Labute approximate surface area is 152 Å². The summed E-state index contributed by atoms with van der Waals surface area (Å²) in [7, 11) is 1.52. The Morgan fingerprint density at radius 1 is 1.12 bits per heavy atom. The largest absolute Gasteiger partial charge is 0.496 e. The van der Waals surface area contributed by atoms with Crippen LogP contribution in [-0.4, -0.2) is 36.9 Å². The zero-order valence-electron chi connectivity index (χ0n) is 14.3. The zero-order valence-corrected chi connectivity index (χ0v) is 15.0. The van der Waals surface area contributed by atoms with E-state index in [1.165, 1.54) is 14.0 Å². The lowest BCUT2D eigenvalue weighted by molar-refractivity contribution is -0.129. The van der Waals surface area contributed by atoms with E-state index >= 15 is 0 Å². The molecule has 2 rings (SSSR count). The van der Waals surface area contributed by atoms with Gasteiger partial charge in [0.25, 0.3) is 5.91 Å². The van der Waals surface area contributed by atoms with Gasteiger partial charge in [0.15, 0.2) is 0 Å². The quantitative estimate of drug-likeness (QED) is 0.825. The van der Waals surface area contributed by atoms with Gasteiger partial charge in [-0.25, -0.2) is 0 Å². The number of nitrogens with zero attached hydrogens (tertiary/aromatic N) is 1. The van der Waals surface area contributed by atoms with Gasteiger partial charge in [0.1, 0.15) is 5.75 Å². The van der Waals surface area contributed by atoms with Crippen molar-refractivity contribution in [2.75, 3.05) is 20.2 Å². The lowest BCUT2D eigenvalue weighted by Gasteiger charge is -2.22. The molecule has 2 amide bonds. The highest BCUT2D eigenvalue weighted by atomic mass is 35.5. The number of methoxy groups -OCH3 is 1. The van der Waals surface area contributed by atoms with Crippen molar-refractivity contribution in [1.82, 2.24) is 10.2 Å². The van der Waals surface area contributed by atoms with Crippen molar-refractivity contribution in [3.8, 4) is 5.75 Å². The van der Waals surface area contributed by atoms with E-state index in [2.05, 4.69) is 5.32 Å². The molecule has 25 heavy (non-hydrogen) atoms. The fraction of sp³-hybridized carbons (Fsp3) is 0.263. The van der Waals surface area contributed by atoms with E-state index in [4.69, 9.17) is 16.3 Å². The second-order valence-electron chi connectivity index (χ2n) is 5.49. The summed E-state index contributed by atoms with van der Waals surface area (Å²) < 4.78 is 5.18. The number of halogens is 1. The summed E-state index contributed by atoms with van der Waals surface area (Å²) in [4.78, 5) is 25.8. The zero-order chi connectivity index (χ0) is 18.2. The minimum absolute atomic E-state index is 0.0774. The topological polar surface area (TPSA) is 58.6 Å². The summed E-state index contributed by atoms with van der Waals surface area (Å²) in [5, 5.41) is 3.43. The van der Waals surface area contributed by atoms with Crippen molar-refractivity contribution in [2.24, 2.45) is 0 Å². The van der Waals surface area contributed by atoms with E-state index in [1.807, 2.05) is 18.2 Å². The van der Waals surface area contributed by atoms with Gasteiger partial charge in [-0.3, -0.25) is 9.59 Å². The van der Waals surface area contributed by atoms with Gasteiger partial charge in [-0.05, 0) is 23.8 Å². The van der Waals surface area contributed by atoms with E-state index < -0.39 is 0 Å². The van der Waals surface area contributed by atoms with Gasteiger partial charge < -0.3 is 15.0 Å². The molecular weight excluding hydrogens is 340 g/mol. The van der Waals surface area contributed by atoms with Crippen LogP contribution < -0.4 is 10.1 Å². The third-order valence-corrected chi connectivity index (χ3v) is 4.15. The number of ether oxygens (including phenoxy) is 1. The van der Waals surface area contributed by atoms with E-state index in [0.29, 0.717) is 36.0 Å². The van der Waals surface area contributed by atoms with Gasteiger partial charge in [-0.15, -0.1) is 0 Å². The van der Waals surface area contributed by atoms with Crippen molar-refractivity contribution in [2.45, 2.75) is 13.5 Å². The number of benzene rings is 2. The monoisotopic (exact) mass is 360 g/mol. The molecule has 2 aromatic carbocycles. The standard InChI is InChI=1S/C19H21ClN2O3/c1-14(23)22(13-15-7-3-5-9-17(15)20)12-11-21-19(24)16-8-4-6-10-18(16)25-2/h3-10H,11-13H2,1-2H3,(H,21,24). The van der Waals surface area contributed by atoms with E-state index in [-0.39, 0.29) is 11.8 Å². The average Bonchev–Trinajstić information content (AvgIpc) is 2.62. The van der Waals surface area contributed by atoms with Gasteiger partial charge in [0.2, 0.25) is 5.91 Å². The number of hydrogen-bond acceptors (Lipinski definition) is 3. The molecule has 5 nitrogen and oxygen atoms in total. The van der Waals surface area contributed by atoms with Gasteiger partial charge >= 0.3 is 0 Å². The van der Waals surface area contributed by atoms with Crippen LogP contribution in [0.1, 0.15) is 22.8 Å². The number of carbonyl (C=O) groups excluding carboxylic acids is 2. The molecule has 0 unspecified atom stereocenters. The van der Waals surface area contributed by atoms with E-state index in [0.717, 1.165) is 5.56 Å². The van der Waals surface area contributed by atoms with Crippen molar-refractivity contribution in [3.63, 3.8) is 0 Å². The highest BCUT2D eigenvalue weighted by Gasteiger charge is 2.14. The van der Waals surface area contributed by atoms with Crippen LogP contribution in [0.5, 0.6) is 5.75 Å². The van der Waals surface area contributed by atoms with Crippen LogP contribution in [0.25, 0.3) is 0 Å². The predicted octanol–water partition coefficient (Wildman–Crippen LogP) is 3.13. The second-order valence-corrected chi connectivity index (χ2v) is 5.90. The number of carbonyl (C=O) groups is 2. The van der Waals surface area contributed by atoms with Crippen LogP contribution in [0.15, 0.2) is 48.5 Å². The molecule has 0 fully saturated rings. The molecule has 0 aliphatic heterocycles. The molecule has 0 heterocycles. The van der Waals surface area contributed by atoms with Crippen molar-refractivity contribution in [3.05, 3.63) is 64.7 Å². The smallest absolute Gasteiger partial charge is 0.255 e. The molecule has 0 aromatic heterocycles. The van der Waals surface area contributed by atoms with Crippen LogP contribution in [0, 0.1) is 0 Å². The third kappa shape index (κ3) is 5.22. The predicted molar refractivity (Wildman–Crippen MR) is 97.9 cm³/mol. The Morgan fingerprint density at radius 2 is 1.80 bits per heavy atom. The summed E-state index contributed by atoms with van der Waals surface area (Å²) in [6.45, 7) is 2.63. The molecule has 1 N–H and O–H groups in total. The molecule has 0 radical (unpaired) electrons.